The lowest BCUT2D eigenvalue weighted by molar-refractivity contribution is -0.127. The van der Waals surface area contributed by atoms with Crippen molar-refractivity contribution in [2.45, 2.75) is 19.4 Å². The molecule has 0 aromatic heterocycles. The van der Waals surface area contributed by atoms with Crippen molar-refractivity contribution in [3.05, 3.63) is 64.1 Å². The lowest BCUT2D eigenvalue weighted by atomic mass is 10.1. The molecule has 0 bridgehead atoms. The zero-order valence-corrected chi connectivity index (χ0v) is 14.0. The first-order valence-corrected chi connectivity index (χ1v) is 7.81. The van der Waals surface area contributed by atoms with E-state index in [4.69, 9.17) is 23.2 Å². The van der Waals surface area contributed by atoms with Crippen LogP contribution in [0.15, 0.2) is 48.5 Å². The second kappa shape index (κ2) is 7.99. The first kappa shape index (κ1) is 17.3. The molecule has 0 aliphatic rings. The fourth-order valence-electron chi connectivity index (χ4n) is 2.06. The van der Waals surface area contributed by atoms with Crippen molar-refractivity contribution in [3.63, 3.8) is 0 Å². The minimum absolute atomic E-state index is 0.175. The predicted molar refractivity (Wildman–Crippen MR) is 92.7 cm³/mol. The molecule has 0 radical (unpaired) electrons. The Morgan fingerprint density at radius 3 is 2.39 bits per heavy atom. The van der Waals surface area contributed by atoms with Gasteiger partial charge in [0.1, 0.15) is 6.42 Å². The molecule has 1 unspecified atom stereocenters. The quantitative estimate of drug-likeness (QED) is 0.794. The molecule has 1 atom stereocenters. The van der Waals surface area contributed by atoms with Gasteiger partial charge >= 0.3 is 0 Å². The summed E-state index contributed by atoms with van der Waals surface area (Å²) in [5.74, 6) is -0.816. The van der Waals surface area contributed by atoms with E-state index in [1.165, 1.54) is 0 Å². The Balaban J connectivity index is 1.90. The van der Waals surface area contributed by atoms with Crippen molar-refractivity contribution < 1.29 is 9.59 Å². The number of hydrogen-bond donors (Lipinski definition) is 2. The highest BCUT2D eigenvalue weighted by molar-refractivity contribution is 6.44. The average molecular weight is 351 g/mol. The summed E-state index contributed by atoms with van der Waals surface area (Å²) in [4.78, 5) is 23.9. The molecule has 0 heterocycles. The minimum atomic E-state index is -0.452. The summed E-state index contributed by atoms with van der Waals surface area (Å²) in [5.41, 5.74) is 1.35. The number of carbonyl (C=O) groups excluding carboxylic acids is 2. The van der Waals surface area contributed by atoms with E-state index in [9.17, 15) is 9.59 Å². The fourth-order valence-corrected chi connectivity index (χ4v) is 2.41. The van der Waals surface area contributed by atoms with E-state index in [1.54, 1.807) is 18.2 Å². The summed E-state index contributed by atoms with van der Waals surface area (Å²) in [7, 11) is 0. The highest BCUT2D eigenvalue weighted by Crippen LogP contribution is 2.29. The summed E-state index contributed by atoms with van der Waals surface area (Å²) in [5, 5.41) is 5.95. The Labute approximate surface area is 144 Å². The van der Waals surface area contributed by atoms with E-state index in [1.807, 2.05) is 37.3 Å². The molecule has 2 aromatic rings. The number of halogens is 2. The van der Waals surface area contributed by atoms with Gasteiger partial charge in [0, 0.05) is 0 Å². The standard InChI is InChI=1S/C17H16Cl2N2O2/c1-11(12-6-3-2-4-7-12)20-15(22)10-16(23)21-14-9-5-8-13(18)17(14)19/h2-9,11H,10H2,1H3,(H,20,22)(H,21,23). The van der Waals surface area contributed by atoms with E-state index in [-0.39, 0.29) is 23.4 Å². The third kappa shape index (κ3) is 4.98. The molecule has 2 amide bonds. The molecule has 120 valence electrons. The zero-order valence-electron chi connectivity index (χ0n) is 12.5. The summed E-state index contributed by atoms with van der Waals surface area (Å²) in [6.45, 7) is 1.86. The van der Waals surface area contributed by atoms with Crippen LogP contribution in [0.5, 0.6) is 0 Å². The second-order valence-corrected chi connectivity index (χ2v) is 5.81. The summed E-state index contributed by atoms with van der Waals surface area (Å²) < 4.78 is 0. The van der Waals surface area contributed by atoms with Crippen molar-refractivity contribution in [1.29, 1.82) is 0 Å². The van der Waals surface area contributed by atoms with Crippen molar-refractivity contribution >= 4 is 40.7 Å². The van der Waals surface area contributed by atoms with Crippen molar-refractivity contribution in [1.82, 2.24) is 5.32 Å². The lowest BCUT2D eigenvalue weighted by Crippen LogP contribution is -2.30. The van der Waals surface area contributed by atoms with Crippen molar-refractivity contribution in [3.8, 4) is 0 Å². The van der Waals surface area contributed by atoms with Crippen LogP contribution in [0.3, 0.4) is 0 Å². The lowest BCUT2D eigenvalue weighted by Gasteiger charge is -2.14. The van der Waals surface area contributed by atoms with Gasteiger partial charge in [-0.25, -0.2) is 0 Å². The Morgan fingerprint density at radius 2 is 1.70 bits per heavy atom. The fraction of sp³-hybridized carbons (Fsp3) is 0.176. The molecule has 23 heavy (non-hydrogen) atoms. The van der Waals surface area contributed by atoms with Gasteiger partial charge in [-0.15, -0.1) is 0 Å². The third-order valence-electron chi connectivity index (χ3n) is 3.22. The van der Waals surface area contributed by atoms with Crippen LogP contribution in [0.4, 0.5) is 5.69 Å². The van der Waals surface area contributed by atoms with E-state index in [0.29, 0.717) is 10.7 Å². The van der Waals surface area contributed by atoms with Crippen LogP contribution in [0.1, 0.15) is 24.9 Å². The molecule has 2 aromatic carbocycles. The van der Waals surface area contributed by atoms with Gasteiger partial charge in [-0.2, -0.15) is 0 Å². The average Bonchev–Trinajstić information content (AvgIpc) is 2.52. The Hall–Kier alpha value is -2.04. The second-order valence-electron chi connectivity index (χ2n) is 5.03. The smallest absolute Gasteiger partial charge is 0.233 e. The molecular weight excluding hydrogens is 335 g/mol. The largest absolute Gasteiger partial charge is 0.349 e. The first-order valence-electron chi connectivity index (χ1n) is 7.05. The highest BCUT2D eigenvalue weighted by atomic mass is 35.5. The van der Waals surface area contributed by atoms with E-state index >= 15 is 0 Å². The van der Waals surface area contributed by atoms with Gasteiger partial charge in [0.15, 0.2) is 0 Å². The van der Waals surface area contributed by atoms with Crippen LogP contribution in [0.2, 0.25) is 10.0 Å². The van der Waals surface area contributed by atoms with E-state index in [0.717, 1.165) is 5.56 Å². The Bertz CT molecular complexity index is 705. The minimum Gasteiger partial charge on any atom is -0.349 e. The maximum atomic E-state index is 11.9. The van der Waals surface area contributed by atoms with Gasteiger partial charge in [-0.05, 0) is 24.6 Å². The number of benzene rings is 2. The number of rotatable bonds is 5. The van der Waals surface area contributed by atoms with Crippen LogP contribution in [-0.2, 0) is 9.59 Å². The molecule has 0 saturated heterocycles. The van der Waals surface area contributed by atoms with Crippen LogP contribution < -0.4 is 10.6 Å². The van der Waals surface area contributed by atoms with Gasteiger partial charge in [-0.1, -0.05) is 59.6 Å². The number of anilines is 1. The molecular formula is C17H16Cl2N2O2. The van der Waals surface area contributed by atoms with E-state index < -0.39 is 5.91 Å². The first-order chi connectivity index (χ1) is 11.0. The van der Waals surface area contributed by atoms with Crippen LogP contribution >= 0.6 is 23.2 Å². The molecule has 0 aliphatic heterocycles. The molecule has 2 N–H and O–H groups in total. The molecule has 0 fully saturated rings. The molecule has 0 aliphatic carbocycles. The molecule has 0 spiro atoms. The molecule has 2 rings (SSSR count). The van der Waals surface area contributed by atoms with Gasteiger partial charge in [0.05, 0.1) is 21.8 Å². The monoisotopic (exact) mass is 350 g/mol. The predicted octanol–water partition coefficient (Wildman–Crippen LogP) is 4.20. The SMILES string of the molecule is CC(NC(=O)CC(=O)Nc1cccc(Cl)c1Cl)c1ccccc1. The van der Waals surface area contributed by atoms with Crippen molar-refractivity contribution in [2.75, 3.05) is 5.32 Å². The van der Waals surface area contributed by atoms with Crippen LogP contribution in [0, 0.1) is 0 Å². The van der Waals surface area contributed by atoms with Gasteiger partial charge in [0.2, 0.25) is 11.8 Å². The normalized spacial score (nSPS) is 11.6. The Kier molecular flexibility index (Phi) is 6.02. The topological polar surface area (TPSA) is 58.2 Å². The zero-order chi connectivity index (χ0) is 16.8. The molecule has 6 heteroatoms. The van der Waals surface area contributed by atoms with Gasteiger partial charge < -0.3 is 10.6 Å². The number of amides is 2. The van der Waals surface area contributed by atoms with E-state index in [2.05, 4.69) is 10.6 Å². The van der Waals surface area contributed by atoms with Gasteiger partial charge in [0.25, 0.3) is 0 Å². The molecule has 4 nitrogen and oxygen atoms in total. The maximum Gasteiger partial charge on any atom is 0.233 e. The summed E-state index contributed by atoms with van der Waals surface area (Å²) >= 11 is 11.9. The van der Waals surface area contributed by atoms with Gasteiger partial charge in [-0.3, -0.25) is 9.59 Å². The Morgan fingerprint density at radius 1 is 1.00 bits per heavy atom. The van der Waals surface area contributed by atoms with Crippen LogP contribution in [0.25, 0.3) is 0 Å². The van der Waals surface area contributed by atoms with Crippen molar-refractivity contribution in [2.24, 2.45) is 0 Å². The summed E-state index contributed by atoms with van der Waals surface area (Å²) in [6, 6.07) is 14.3. The maximum absolute atomic E-state index is 11.9. The highest BCUT2D eigenvalue weighted by Gasteiger charge is 2.14. The third-order valence-corrected chi connectivity index (χ3v) is 4.04. The number of carbonyl (C=O) groups is 2. The number of nitrogens with one attached hydrogen (secondary N) is 2. The number of hydrogen-bond acceptors (Lipinski definition) is 2. The van der Waals surface area contributed by atoms with Crippen LogP contribution in [-0.4, -0.2) is 11.8 Å². The summed E-state index contributed by atoms with van der Waals surface area (Å²) in [6.07, 6.45) is -0.292. The molecule has 0 saturated carbocycles.